The number of methoxy groups -OCH3 is 2. The van der Waals surface area contributed by atoms with Crippen LogP contribution in [0.1, 0.15) is 13.3 Å². The highest BCUT2D eigenvalue weighted by Gasteiger charge is 2.23. The summed E-state index contributed by atoms with van der Waals surface area (Å²) in [5.41, 5.74) is 0. The van der Waals surface area contributed by atoms with Crippen LogP contribution in [-0.2, 0) is 23.8 Å². The highest BCUT2D eigenvalue weighted by molar-refractivity contribution is 5.94. The highest BCUT2D eigenvalue weighted by atomic mass is 16.5. The molecule has 0 aliphatic carbocycles. The van der Waals surface area contributed by atoms with E-state index in [1.54, 1.807) is 7.11 Å². The quantitative estimate of drug-likeness (QED) is 0.355. The highest BCUT2D eigenvalue weighted by Crippen LogP contribution is 2.01. The Hall–Kier alpha value is -1.10. The second-order valence-electron chi connectivity index (χ2n) is 2.76. The lowest BCUT2D eigenvalue weighted by Crippen LogP contribution is -2.24. The van der Waals surface area contributed by atoms with Crippen LogP contribution >= 0.6 is 0 Å². The van der Waals surface area contributed by atoms with Gasteiger partial charge in [-0.1, -0.05) is 0 Å². The van der Waals surface area contributed by atoms with Crippen LogP contribution in [-0.4, -0.2) is 39.4 Å². The lowest BCUT2D eigenvalue weighted by atomic mass is 10.2. The first-order chi connectivity index (χ1) is 6.63. The van der Waals surface area contributed by atoms with E-state index in [2.05, 4.69) is 4.74 Å². The second kappa shape index (κ2) is 7.32. The Morgan fingerprint density at radius 2 is 1.79 bits per heavy atom. The first kappa shape index (κ1) is 12.9. The summed E-state index contributed by atoms with van der Waals surface area (Å²) in [6.45, 7) is 2.23. The van der Waals surface area contributed by atoms with Crippen molar-refractivity contribution < 1.29 is 23.8 Å². The molecule has 0 bridgehead atoms. The number of carbonyl (C=O) groups excluding carboxylic acids is 2. The molecule has 0 amide bonds. The van der Waals surface area contributed by atoms with E-state index in [9.17, 15) is 9.59 Å². The summed E-state index contributed by atoms with van der Waals surface area (Å²) in [6.07, 6.45) is 0.621. The lowest BCUT2D eigenvalue weighted by Gasteiger charge is -2.08. The fourth-order valence-electron chi connectivity index (χ4n) is 0.774. The maximum atomic E-state index is 11.1. The fraction of sp³-hybridized carbons (Fsp3) is 0.778. The van der Waals surface area contributed by atoms with Crippen LogP contribution in [0, 0.1) is 5.92 Å². The molecule has 0 N–H and O–H groups in total. The molecule has 1 atom stereocenters. The Morgan fingerprint density at radius 1 is 1.14 bits per heavy atom. The molecule has 0 heterocycles. The zero-order chi connectivity index (χ0) is 11.0. The van der Waals surface area contributed by atoms with Gasteiger partial charge >= 0.3 is 11.9 Å². The molecular weight excluding hydrogens is 188 g/mol. The van der Waals surface area contributed by atoms with Crippen molar-refractivity contribution in [3.05, 3.63) is 0 Å². The largest absolute Gasteiger partial charge is 0.468 e. The van der Waals surface area contributed by atoms with Gasteiger partial charge in [-0.3, -0.25) is 9.59 Å². The van der Waals surface area contributed by atoms with Gasteiger partial charge in [0.05, 0.1) is 13.7 Å². The van der Waals surface area contributed by atoms with Crippen LogP contribution in [0.5, 0.6) is 0 Å². The Bertz CT molecular complexity index is 190. The van der Waals surface area contributed by atoms with Crippen LogP contribution in [0.25, 0.3) is 0 Å². The third kappa shape index (κ3) is 4.81. The van der Waals surface area contributed by atoms with E-state index in [4.69, 9.17) is 9.47 Å². The van der Waals surface area contributed by atoms with E-state index >= 15 is 0 Å². The summed E-state index contributed by atoms with van der Waals surface area (Å²) >= 11 is 0. The minimum Gasteiger partial charge on any atom is -0.468 e. The van der Waals surface area contributed by atoms with Gasteiger partial charge in [0.25, 0.3) is 0 Å². The van der Waals surface area contributed by atoms with Gasteiger partial charge < -0.3 is 14.2 Å². The van der Waals surface area contributed by atoms with Crippen molar-refractivity contribution in [2.45, 2.75) is 13.3 Å². The van der Waals surface area contributed by atoms with E-state index < -0.39 is 17.9 Å². The zero-order valence-corrected chi connectivity index (χ0v) is 8.74. The van der Waals surface area contributed by atoms with Crippen molar-refractivity contribution in [3.8, 4) is 0 Å². The van der Waals surface area contributed by atoms with Crippen LogP contribution in [0.4, 0.5) is 0 Å². The molecule has 1 unspecified atom stereocenters. The Balaban J connectivity index is 3.68. The van der Waals surface area contributed by atoms with Gasteiger partial charge in [-0.15, -0.1) is 0 Å². The van der Waals surface area contributed by atoms with Gasteiger partial charge in [0.1, 0.15) is 0 Å². The van der Waals surface area contributed by atoms with Crippen LogP contribution in [0.2, 0.25) is 0 Å². The Kier molecular flexibility index (Phi) is 6.74. The predicted octanol–water partition coefficient (Wildman–Crippen LogP) is 0.375. The van der Waals surface area contributed by atoms with Gasteiger partial charge in [-0.25, -0.2) is 0 Å². The Labute approximate surface area is 83.3 Å². The van der Waals surface area contributed by atoms with E-state index in [0.717, 1.165) is 0 Å². The summed E-state index contributed by atoms with van der Waals surface area (Å²) in [4.78, 5) is 22.0. The molecule has 5 nitrogen and oxygen atoms in total. The summed E-state index contributed by atoms with van der Waals surface area (Å²) in [5.74, 6) is -2.00. The molecule has 0 rings (SSSR count). The number of carbonyl (C=O) groups is 2. The molecule has 0 aromatic heterocycles. The molecule has 0 saturated heterocycles. The van der Waals surface area contributed by atoms with Crippen molar-refractivity contribution in [2.24, 2.45) is 5.92 Å². The van der Waals surface area contributed by atoms with E-state index in [-0.39, 0.29) is 6.61 Å². The van der Waals surface area contributed by atoms with E-state index in [1.165, 1.54) is 14.0 Å². The third-order valence-electron chi connectivity index (χ3n) is 1.65. The monoisotopic (exact) mass is 204 g/mol. The van der Waals surface area contributed by atoms with Crippen molar-refractivity contribution in [1.29, 1.82) is 0 Å². The van der Waals surface area contributed by atoms with E-state index in [1.807, 2.05) is 0 Å². The van der Waals surface area contributed by atoms with Gasteiger partial charge in [-0.2, -0.15) is 0 Å². The average molecular weight is 204 g/mol. The zero-order valence-electron chi connectivity index (χ0n) is 8.74. The molecule has 0 fully saturated rings. The summed E-state index contributed by atoms with van der Waals surface area (Å²) in [6, 6.07) is 0. The first-order valence-electron chi connectivity index (χ1n) is 4.37. The third-order valence-corrected chi connectivity index (χ3v) is 1.65. The minimum absolute atomic E-state index is 0.258. The molecule has 0 aliphatic rings. The number of hydrogen-bond donors (Lipinski definition) is 0. The predicted molar refractivity (Wildman–Crippen MR) is 48.6 cm³/mol. The standard InChI is InChI=1S/C9H16O5/c1-7(8(10)13-3)9(11)14-6-4-5-12-2/h7H,4-6H2,1-3H3. The van der Waals surface area contributed by atoms with Crippen molar-refractivity contribution in [2.75, 3.05) is 27.4 Å². The van der Waals surface area contributed by atoms with Crippen LogP contribution in [0.3, 0.4) is 0 Å². The molecule has 82 valence electrons. The minimum atomic E-state index is -0.859. The topological polar surface area (TPSA) is 61.8 Å². The first-order valence-corrected chi connectivity index (χ1v) is 4.37. The van der Waals surface area contributed by atoms with Crippen molar-refractivity contribution in [3.63, 3.8) is 0 Å². The molecule has 0 spiro atoms. The summed E-state index contributed by atoms with van der Waals surface area (Å²) < 4.78 is 14.0. The van der Waals surface area contributed by atoms with Gasteiger partial charge in [0, 0.05) is 20.1 Å². The Morgan fingerprint density at radius 3 is 2.29 bits per heavy atom. The molecule has 0 aliphatic heterocycles. The van der Waals surface area contributed by atoms with Crippen molar-refractivity contribution >= 4 is 11.9 Å². The molecule has 0 aromatic carbocycles. The molecule has 5 heteroatoms. The smallest absolute Gasteiger partial charge is 0.320 e. The van der Waals surface area contributed by atoms with E-state index in [0.29, 0.717) is 13.0 Å². The molecule has 0 aromatic rings. The number of hydrogen-bond acceptors (Lipinski definition) is 5. The molecule has 0 saturated carbocycles. The molecule has 14 heavy (non-hydrogen) atoms. The maximum Gasteiger partial charge on any atom is 0.320 e. The summed E-state index contributed by atoms with van der Waals surface area (Å²) in [7, 11) is 2.80. The SMILES string of the molecule is COCCCOC(=O)C(C)C(=O)OC. The molecular formula is C9H16O5. The van der Waals surface area contributed by atoms with Gasteiger partial charge in [0.2, 0.25) is 0 Å². The van der Waals surface area contributed by atoms with Gasteiger partial charge in [-0.05, 0) is 6.92 Å². The number of ether oxygens (including phenoxy) is 3. The lowest BCUT2D eigenvalue weighted by molar-refractivity contribution is -0.159. The maximum absolute atomic E-state index is 11.1. The number of esters is 2. The summed E-state index contributed by atoms with van der Waals surface area (Å²) in [5, 5.41) is 0. The number of rotatable bonds is 6. The average Bonchev–Trinajstić information content (AvgIpc) is 2.21. The van der Waals surface area contributed by atoms with Crippen LogP contribution < -0.4 is 0 Å². The fourth-order valence-corrected chi connectivity index (χ4v) is 0.774. The van der Waals surface area contributed by atoms with Crippen LogP contribution in [0.15, 0.2) is 0 Å². The second-order valence-corrected chi connectivity index (χ2v) is 2.76. The van der Waals surface area contributed by atoms with Crippen molar-refractivity contribution in [1.82, 2.24) is 0 Å². The molecule has 0 radical (unpaired) electrons. The van der Waals surface area contributed by atoms with Gasteiger partial charge in [0.15, 0.2) is 5.92 Å². The normalized spacial score (nSPS) is 11.9.